The number of nitrogens with one attached hydrogen (secondary N) is 3. The summed E-state index contributed by atoms with van der Waals surface area (Å²) in [4.78, 5) is 71.4. The number of aryl methyl sites for hydroxylation is 2. The third kappa shape index (κ3) is 8.76. The van der Waals surface area contributed by atoms with E-state index in [1.54, 1.807) is 26.8 Å². The van der Waals surface area contributed by atoms with Crippen LogP contribution in [0.25, 0.3) is 11.1 Å². The second-order valence-corrected chi connectivity index (χ2v) is 16.7. The number of carbonyl (C=O) groups is 4. The van der Waals surface area contributed by atoms with Crippen molar-refractivity contribution in [2.45, 2.75) is 84.1 Å². The molecule has 1 aromatic heterocycles. The van der Waals surface area contributed by atoms with Crippen molar-refractivity contribution in [1.82, 2.24) is 15.6 Å². The molecule has 2 amide bonds. The molecule has 0 fully saturated rings. The lowest BCUT2D eigenvalue weighted by atomic mass is 9.98. The topological polar surface area (TPSA) is 175 Å². The van der Waals surface area contributed by atoms with E-state index in [2.05, 4.69) is 68.7 Å². The van der Waals surface area contributed by atoms with Crippen molar-refractivity contribution in [3.8, 4) is 11.5 Å². The molecule has 1 aliphatic rings. The summed E-state index contributed by atoms with van der Waals surface area (Å²) in [7, 11) is 0. The van der Waals surface area contributed by atoms with Crippen molar-refractivity contribution in [3.63, 3.8) is 0 Å². The average Bonchev–Trinajstić information content (AvgIpc) is 3.03. The monoisotopic (exact) mass is 898 g/mol. The Kier molecular flexibility index (Phi) is 13.3. The fourth-order valence-corrected chi connectivity index (χ4v) is 7.86. The van der Waals surface area contributed by atoms with Gasteiger partial charge in [0.2, 0.25) is 0 Å². The van der Waals surface area contributed by atoms with Crippen molar-refractivity contribution < 1.29 is 37.8 Å². The Hall–Kier alpha value is -3.50. The predicted octanol–water partition coefficient (Wildman–Crippen LogP) is 7.62. The molecule has 2 aromatic carbocycles. The van der Waals surface area contributed by atoms with Gasteiger partial charge in [-0.25, -0.2) is 19.4 Å². The maximum absolute atomic E-state index is 14.4. The van der Waals surface area contributed by atoms with Gasteiger partial charge in [0.25, 0.3) is 11.8 Å². The third-order valence-electron chi connectivity index (χ3n) is 7.96. The van der Waals surface area contributed by atoms with Crippen LogP contribution in [-0.4, -0.2) is 54.0 Å². The van der Waals surface area contributed by atoms with Gasteiger partial charge < -0.3 is 34.6 Å². The van der Waals surface area contributed by atoms with Crippen LogP contribution in [0.3, 0.4) is 0 Å². The van der Waals surface area contributed by atoms with Crippen LogP contribution in [0.2, 0.25) is 0 Å². The lowest BCUT2D eigenvalue weighted by Gasteiger charge is -2.30. The molecule has 0 unspecified atom stereocenters. The number of aromatic nitrogens is 1. The van der Waals surface area contributed by atoms with E-state index < -0.39 is 45.2 Å². The number of benzene rings is 2. The van der Waals surface area contributed by atoms with E-state index in [0.717, 1.165) is 0 Å². The second kappa shape index (κ2) is 16.9. The molecule has 4 rings (SSSR count). The van der Waals surface area contributed by atoms with Crippen LogP contribution in [0, 0.1) is 25.7 Å². The fourth-order valence-electron chi connectivity index (χ4n) is 5.70. The molecule has 0 radical (unpaired) electrons. The Bertz CT molecular complexity index is 1930. The summed E-state index contributed by atoms with van der Waals surface area (Å²) in [6.07, 6.45) is 0.607. The van der Waals surface area contributed by atoms with E-state index in [1.807, 2.05) is 27.7 Å². The molecule has 51 heavy (non-hydrogen) atoms. The van der Waals surface area contributed by atoms with Gasteiger partial charge in [-0.3, -0.25) is 9.59 Å². The molecule has 16 heteroatoms. The first-order valence-electron chi connectivity index (χ1n) is 16.5. The van der Waals surface area contributed by atoms with Crippen LogP contribution in [0.5, 0.6) is 11.5 Å². The third-order valence-corrected chi connectivity index (χ3v) is 9.53. The van der Waals surface area contributed by atoms with Crippen molar-refractivity contribution in [3.05, 3.63) is 48.9 Å². The summed E-state index contributed by atoms with van der Waals surface area (Å²) in [5, 5.41) is 8.87. The van der Waals surface area contributed by atoms with Gasteiger partial charge in [0.05, 0.1) is 39.5 Å². The fraction of sp³-hybridized carbons (Fsp3) is 0.486. The number of nitrogens with zero attached hydrogens (tertiary/aromatic N) is 1. The molecule has 13 nitrogen and oxygen atoms in total. The number of anilines is 2. The van der Waals surface area contributed by atoms with Gasteiger partial charge in [0.1, 0.15) is 23.3 Å². The Labute approximate surface area is 320 Å². The Balaban J connectivity index is 1.97. The molecule has 0 spiro atoms. The normalized spacial score (nSPS) is 13.2. The summed E-state index contributed by atoms with van der Waals surface area (Å²) < 4.78 is 22.7. The summed E-state index contributed by atoms with van der Waals surface area (Å²) in [6.45, 7) is 14.4. The summed E-state index contributed by atoms with van der Waals surface area (Å²) in [5.41, 5.74) is 0.534. The summed E-state index contributed by atoms with van der Waals surface area (Å²) in [5.74, 6) is -2.11. The maximum atomic E-state index is 14.4. The number of hydrogen-bond donors (Lipinski definition) is 3. The highest BCUT2D eigenvalue weighted by Gasteiger charge is 2.37. The van der Waals surface area contributed by atoms with Crippen molar-refractivity contribution in [1.29, 1.82) is 0 Å². The number of carbonyl (C=O) groups excluding carboxylic acids is 4. The molecular weight excluding hydrogens is 860 g/mol. The van der Waals surface area contributed by atoms with E-state index in [0.29, 0.717) is 22.0 Å². The molecule has 1 aliphatic heterocycles. The number of hydrogen-bond acceptors (Lipinski definition) is 11. The quantitative estimate of drug-likeness (QED) is 0.0890. The van der Waals surface area contributed by atoms with Crippen molar-refractivity contribution >= 4 is 94.0 Å². The molecule has 0 saturated heterocycles. The van der Waals surface area contributed by atoms with Gasteiger partial charge in [-0.15, -0.1) is 0 Å². The molecule has 3 aromatic rings. The Morgan fingerprint density at radius 2 is 1.43 bits per heavy atom. The number of halogens is 3. The maximum Gasteiger partial charge on any atom is 0.357 e. The zero-order chi connectivity index (χ0) is 37.9. The second-order valence-electron chi connectivity index (χ2n) is 12.8. The average molecular weight is 901 g/mol. The van der Waals surface area contributed by atoms with E-state index in [-0.39, 0.29) is 82.3 Å². The molecule has 2 atom stereocenters. The number of amides is 2. The number of rotatable bonds is 13. The van der Waals surface area contributed by atoms with Gasteiger partial charge in [-0.2, -0.15) is 0 Å². The first kappa shape index (κ1) is 40.3. The van der Waals surface area contributed by atoms with E-state index in [9.17, 15) is 24.0 Å². The van der Waals surface area contributed by atoms with Crippen LogP contribution in [0.4, 0.5) is 11.4 Å². The van der Waals surface area contributed by atoms with Crippen molar-refractivity contribution in [2.75, 3.05) is 18.5 Å². The minimum atomic E-state index is -1.01. The van der Waals surface area contributed by atoms with E-state index in [1.165, 1.54) is 6.92 Å². The molecule has 2 heterocycles. The van der Waals surface area contributed by atoms with E-state index in [4.69, 9.17) is 18.6 Å². The van der Waals surface area contributed by atoms with E-state index >= 15 is 0 Å². The highest BCUT2D eigenvalue weighted by atomic mass is 79.9. The molecule has 0 bridgehead atoms. The van der Waals surface area contributed by atoms with Crippen molar-refractivity contribution in [2.24, 2.45) is 11.8 Å². The predicted molar refractivity (Wildman–Crippen MR) is 203 cm³/mol. The minimum Gasteiger partial charge on any atom is -0.464 e. The number of esters is 2. The minimum absolute atomic E-state index is 0.0000127. The van der Waals surface area contributed by atoms with Gasteiger partial charge in [0.15, 0.2) is 17.1 Å². The largest absolute Gasteiger partial charge is 0.464 e. The zero-order valence-electron chi connectivity index (χ0n) is 29.5. The van der Waals surface area contributed by atoms with Crippen LogP contribution in [-0.2, 0) is 19.1 Å². The standard InChI is InChI=1S/C35H41Br3N4O9/c1-9-48-34(46)20(11-14(3)4)40-31(43)18-13-19(36)22(30(37)38)29-24(18)42-26-23(32(44)41-21(12-15(5)6)35(47)49-10-2)25-28(16(7)27(26)50-29)51-33(45)17(8)39-25/h13-15,20-21,30,42H,9-12H2,1-8H3,(H,40,43)(H,41,44)/t20-,21-/m0/s1. The molecule has 3 N–H and O–H groups in total. The van der Waals surface area contributed by atoms with Crippen LogP contribution in [0.15, 0.2) is 19.8 Å². The SMILES string of the molecule is CCOC(=O)[C@H](CC(C)C)NC(=O)c1cc(Br)c(C(Br)Br)c2c1Nc1c(c(C)c3oc(=O)c(C)nc3c1C(=O)N[C@@H](CC(C)C)C(=O)OCC)O2. The molecular formula is C35H41Br3N4O9. The molecule has 0 aliphatic carbocycles. The summed E-state index contributed by atoms with van der Waals surface area (Å²) in [6, 6.07) is -0.371. The first-order chi connectivity index (χ1) is 24.0. The Morgan fingerprint density at radius 3 is 1.94 bits per heavy atom. The number of alkyl halides is 2. The van der Waals surface area contributed by atoms with Crippen LogP contribution >= 0.6 is 47.8 Å². The molecule has 276 valence electrons. The lowest BCUT2D eigenvalue weighted by molar-refractivity contribution is -0.146. The highest BCUT2D eigenvalue weighted by Crippen LogP contribution is 2.55. The highest BCUT2D eigenvalue weighted by molar-refractivity contribution is 9.24. The summed E-state index contributed by atoms with van der Waals surface area (Å²) >= 11 is 10.7. The van der Waals surface area contributed by atoms with Crippen LogP contribution < -0.4 is 26.3 Å². The first-order valence-corrected chi connectivity index (χ1v) is 19.1. The van der Waals surface area contributed by atoms with Gasteiger partial charge in [-0.05, 0) is 58.4 Å². The van der Waals surface area contributed by atoms with Gasteiger partial charge in [0, 0.05) is 15.6 Å². The molecule has 0 saturated carbocycles. The smallest absolute Gasteiger partial charge is 0.357 e. The lowest BCUT2D eigenvalue weighted by Crippen LogP contribution is -2.43. The Morgan fingerprint density at radius 1 is 0.882 bits per heavy atom. The van der Waals surface area contributed by atoms with Gasteiger partial charge >= 0.3 is 17.6 Å². The number of ether oxygens (including phenoxy) is 3. The van der Waals surface area contributed by atoms with Crippen LogP contribution in [0.1, 0.15) is 95.7 Å². The van der Waals surface area contributed by atoms with Gasteiger partial charge in [-0.1, -0.05) is 75.5 Å². The number of fused-ring (bicyclic) bond motifs is 3. The zero-order valence-corrected chi connectivity index (χ0v) is 34.3.